The number of alkyl carbamates (subject to hydrolysis) is 2. The molecule has 0 rings (SSSR count). The second-order valence-electron chi connectivity index (χ2n) is 5.57. The van der Waals surface area contributed by atoms with Gasteiger partial charge in [-0.15, -0.1) is 12.4 Å². The van der Waals surface area contributed by atoms with Gasteiger partial charge < -0.3 is 25.8 Å². The van der Waals surface area contributed by atoms with Crippen molar-refractivity contribution in [3.63, 3.8) is 0 Å². The highest BCUT2D eigenvalue weighted by molar-refractivity contribution is 5.85. The van der Waals surface area contributed by atoms with E-state index in [1.165, 1.54) is 0 Å². The number of rotatable bonds is 14. The Balaban J connectivity index is 0. The molecule has 0 aliphatic heterocycles. The highest BCUT2D eigenvalue weighted by atomic mass is 35.5. The normalized spacial score (nSPS) is 9.96. The molecular weight excluding hydrogens is 364 g/mol. The van der Waals surface area contributed by atoms with Crippen LogP contribution in [0.4, 0.5) is 9.59 Å². The first kappa shape index (κ1) is 26.5. The Morgan fingerprint density at radius 1 is 0.885 bits per heavy atom. The maximum atomic E-state index is 11.4. The van der Waals surface area contributed by atoms with Crippen LogP contribution >= 0.6 is 12.4 Å². The Bertz CT molecular complexity index is 371. The molecule has 0 fully saturated rings. The summed E-state index contributed by atoms with van der Waals surface area (Å²) in [5, 5.41) is 5.26. The predicted octanol–water partition coefficient (Wildman–Crippen LogP) is 1.25. The Morgan fingerprint density at radius 3 is 1.65 bits per heavy atom. The molecular formula is C16H33ClN4O5. The number of carbonyl (C=O) groups excluding carboxylic acids is 3. The summed E-state index contributed by atoms with van der Waals surface area (Å²) in [5.41, 5.74) is 5.20. The van der Waals surface area contributed by atoms with Crippen molar-refractivity contribution in [2.75, 3.05) is 45.9 Å². The molecule has 9 nitrogen and oxygen atoms in total. The van der Waals surface area contributed by atoms with Crippen molar-refractivity contribution < 1.29 is 23.9 Å². The van der Waals surface area contributed by atoms with Crippen molar-refractivity contribution >= 4 is 30.5 Å². The van der Waals surface area contributed by atoms with Crippen LogP contribution in [0.25, 0.3) is 0 Å². The fraction of sp³-hybridized carbons (Fsp3) is 0.812. The Labute approximate surface area is 161 Å². The minimum Gasteiger partial charge on any atom is -0.448 e. The Kier molecular flexibility index (Phi) is 18.4. The summed E-state index contributed by atoms with van der Waals surface area (Å²) in [6.07, 6.45) is 2.77. The molecule has 0 bridgehead atoms. The third-order valence-electron chi connectivity index (χ3n) is 3.26. The highest BCUT2D eigenvalue weighted by Gasteiger charge is 2.11. The summed E-state index contributed by atoms with van der Waals surface area (Å²) in [7, 11) is 0. The number of nitrogens with one attached hydrogen (secondary N) is 2. The SMILES string of the molecule is CCCCNC(=O)OCCN(CCOC(=O)NCCCC)CC(N)=O.Cl. The fourth-order valence-electron chi connectivity index (χ4n) is 1.86. The zero-order chi connectivity index (χ0) is 18.9. The zero-order valence-electron chi connectivity index (χ0n) is 15.8. The van der Waals surface area contributed by atoms with E-state index in [1.807, 2.05) is 13.8 Å². The lowest BCUT2D eigenvalue weighted by molar-refractivity contribution is -0.119. The van der Waals surface area contributed by atoms with Crippen LogP contribution in [0, 0.1) is 0 Å². The van der Waals surface area contributed by atoms with E-state index in [0.29, 0.717) is 26.2 Å². The second-order valence-corrected chi connectivity index (χ2v) is 5.57. The van der Waals surface area contributed by atoms with Gasteiger partial charge in [0.15, 0.2) is 0 Å². The molecule has 0 unspecified atom stereocenters. The molecule has 0 aromatic carbocycles. The van der Waals surface area contributed by atoms with E-state index in [0.717, 1.165) is 25.7 Å². The summed E-state index contributed by atoms with van der Waals surface area (Å²) in [5.74, 6) is -0.500. The maximum Gasteiger partial charge on any atom is 0.407 e. The first-order valence-corrected chi connectivity index (χ1v) is 8.81. The van der Waals surface area contributed by atoms with E-state index in [2.05, 4.69) is 10.6 Å². The molecule has 3 amide bonds. The maximum absolute atomic E-state index is 11.4. The number of hydrogen-bond acceptors (Lipinski definition) is 6. The topological polar surface area (TPSA) is 123 Å². The van der Waals surface area contributed by atoms with Crippen LogP contribution in [0.1, 0.15) is 39.5 Å². The third-order valence-corrected chi connectivity index (χ3v) is 3.26. The third kappa shape index (κ3) is 17.1. The van der Waals surface area contributed by atoms with E-state index in [4.69, 9.17) is 15.2 Å². The average Bonchev–Trinajstić information content (AvgIpc) is 2.54. The van der Waals surface area contributed by atoms with Crippen molar-refractivity contribution in [2.45, 2.75) is 39.5 Å². The van der Waals surface area contributed by atoms with E-state index in [-0.39, 0.29) is 32.2 Å². The average molecular weight is 397 g/mol. The monoisotopic (exact) mass is 396 g/mol. The van der Waals surface area contributed by atoms with Gasteiger partial charge in [0.25, 0.3) is 0 Å². The van der Waals surface area contributed by atoms with Gasteiger partial charge in [-0.2, -0.15) is 0 Å². The van der Waals surface area contributed by atoms with Gasteiger partial charge in [-0.1, -0.05) is 26.7 Å². The van der Waals surface area contributed by atoms with Crippen molar-refractivity contribution in [1.29, 1.82) is 0 Å². The van der Waals surface area contributed by atoms with Crippen LogP contribution < -0.4 is 16.4 Å². The molecule has 0 aliphatic rings. The number of amides is 3. The van der Waals surface area contributed by atoms with E-state index >= 15 is 0 Å². The molecule has 0 saturated carbocycles. The van der Waals surface area contributed by atoms with Crippen LogP contribution in [0.5, 0.6) is 0 Å². The number of ether oxygens (including phenoxy) is 2. The molecule has 0 aromatic heterocycles. The minimum absolute atomic E-state index is 0. The number of halogens is 1. The molecule has 0 radical (unpaired) electrons. The summed E-state index contributed by atoms with van der Waals surface area (Å²) in [6, 6.07) is 0. The van der Waals surface area contributed by atoms with Gasteiger partial charge in [0.2, 0.25) is 5.91 Å². The molecule has 4 N–H and O–H groups in total. The smallest absolute Gasteiger partial charge is 0.407 e. The lowest BCUT2D eigenvalue weighted by Crippen LogP contribution is -2.39. The number of carbonyl (C=O) groups is 3. The van der Waals surface area contributed by atoms with Crippen LogP contribution in [-0.4, -0.2) is 68.9 Å². The van der Waals surface area contributed by atoms with Crippen molar-refractivity contribution in [3.05, 3.63) is 0 Å². The number of hydrogen-bond donors (Lipinski definition) is 3. The van der Waals surface area contributed by atoms with Gasteiger partial charge in [-0.25, -0.2) is 9.59 Å². The first-order valence-electron chi connectivity index (χ1n) is 8.81. The minimum atomic E-state index is -0.500. The van der Waals surface area contributed by atoms with Crippen molar-refractivity contribution in [2.24, 2.45) is 5.73 Å². The quantitative estimate of drug-likeness (QED) is 0.380. The highest BCUT2D eigenvalue weighted by Crippen LogP contribution is 1.92. The van der Waals surface area contributed by atoms with Gasteiger partial charge in [0.05, 0.1) is 6.54 Å². The Morgan fingerprint density at radius 2 is 1.31 bits per heavy atom. The molecule has 0 atom stereocenters. The molecule has 0 aliphatic carbocycles. The number of unbranched alkanes of at least 4 members (excludes halogenated alkanes) is 2. The molecule has 0 aromatic rings. The van der Waals surface area contributed by atoms with Crippen molar-refractivity contribution in [3.8, 4) is 0 Å². The number of primary amides is 1. The number of nitrogens with zero attached hydrogens (tertiary/aromatic N) is 1. The summed E-state index contributed by atoms with van der Waals surface area (Å²) >= 11 is 0. The van der Waals surface area contributed by atoms with Crippen LogP contribution in [-0.2, 0) is 14.3 Å². The van der Waals surface area contributed by atoms with Gasteiger partial charge in [-0.3, -0.25) is 9.69 Å². The molecule has 154 valence electrons. The number of nitrogens with two attached hydrogens (primary N) is 1. The van der Waals surface area contributed by atoms with Gasteiger partial charge in [-0.05, 0) is 12.8 Å². The van der Waals surface area contributed by atoms with Gasteiger partial charge in [0.1, 0.15) is 13.2 Å². The summed E-state index contributed by atoms with van der Waals surface area (Å²) in [6.45, 7) is 6.09. The van der Waals surface area contributed by atoms with E-state index in [9.17, 15) is 14.4 Å². The second kappa shape index (κ2) is 18.1. The van der Waals surface area contributed by atoms with E-state index in [1.54, 1.807) is 4.90 Å². The molecule has 0 saturated heterocycles. The predicted molar refractivity (Wildman–Crippen MR) is 101 cm³/mol. The molecule has 0 spiro atoms. The first-order chi connectivity index (χ1) is 12.0. The van der Waals surface area contributed by atoms with Gasteiger partial charge >= 0.3 is 12.2 Å². The summed E-state index contributed by atoms with van der Waals surface area (Å²) < 4.78 is 10.1. The lowest BCUT2D eigenvalue weighted by atomic mass is 10.3. The largest absolute Gasteiger partial charge is 0.448 e. The summed E-state index contributed by atoms with van der Waals surface area (Å²) in [4.78, 5) is 35.6. The Hall–Kier alpha value is -1.74. The van der Waals surface area contributed by atoms with Crippen LogP contribution in [0.15, 0.2) is 0 Å². The standard InChI is InChI=1S/C16H32N4O5.ClH/c1-3-5-7-18-15(22)24-11-9-20(13-14(17)21)10-12-25-16(23)19-8-6-4-2;/h3-13H2,1-2H3,(H2,17,21)(H,18,22)(H,19,23);1H. The van der Waals surface area contributed by atoms with Gasteiger partial charge in [0, 0.05) is 26.2 Å². The molecule has 10 heteroatoms. The molecule has 26 heavy (non-hydrogen) atoms. The molecule has 0 heterocycles. The zero-order valence-corrected chi connectivity index (χ0v) is 16.6. The van der Waals surface area contributed by atoms with E-state index < -0.39 is 18.1 Å². The lowest BCUT2D eigenvalue weighted by Gasteiger charge is -2.20. The van der Waals surface area contributed by atoms with Crippen molar-refractivity contribution in [1.82, 2.24) is 15.5 Å². The van der Waals surface area contributed by atoms with Crippen LogP contribution in [0.2, 0.25) is 0 Å². The fourth-order valence-corrected chi connectivity index (χ4v) is 1.86. The van der Waals surface area contributed by atoms with Crippen LogP contribution in [0.3, 0.4) is 0 Å².